The SMILES string of the molecule is COc1ccc(C(CNC(=O)CC(N)c2ccccc2)N2CCCC2)cc1.Cl.Cl. The summed E-state index contributed by atoms with van der Waals surface area (Å²) in [7, 11) is 1.67. The summed E-state index contributed by atoms with van der Waals surface area (Å²) in [5.74, 6) is 0.834. The van der Waals surface area contributed by atoms with Crippen molar-refractivity contribution >= 4 is 30.7 Å². The fraction of sp³-hybridized carbons (Fsp3) is 0.409. The number of benzene rings is 2. The van der Waals surface area contributed by atoms with Crippen LogP contribution >= 0.6 is 24.8 Å². The number of rotatable bonds is 8. The van der Waals surface area contributed by atoms with Gasteiger partial charge in [0.2, 0.25) is 5.91 Å². The van der Waals surface area contributed by atoms with E-state index < -0.39 is 0 Å². The summed E-state index contributed by atoms with van der Waals surface area (Å²) in [6.07, 6.45) is 2.71. The molecule has 1 fully saturated rings. The van der Waals surface area contributed by atoms with Gasteiger partial charge < -0.3 is 15.8 Å². The summed E-state index contributed by atoms with van der Waals surface area (Å²) < 4.78 is 5.26. The first kappa shape index (κ1) is 25.2. The van der Waals surface area contributed by atoms with Crippen LogP contribution in [0.4, 0.5) is 0 Å². The van der Waals surface area contributed by atoms with Gasteiger partial charge in [-0.3, -0.25) is 9.69 Å². The second kappa shape index (κ2) is 12.7. The molecule has 0 saturated carbocycles. The Morgan fingerprint density at radius 3 is 2.24 bits per heavy atom. The summed E-state index contributed by atoms with van der Waals surface area (Å²) in [6.45, 7) is 2.72. The number of amides is 1. The van der Waals surface area contributed by atoms with Crippen molar-refractivity contribution in [2.24, 2.45) is 5.73 Å². The largest absolute Gasteiger partial charge is 0.497 e. The molecule has 1 amide bonds. The Hall–Kier alpha value is -1.79. The third-order valence-corrected chi connectivity index (χ3v) is 5.21. The molecule has 0 radical (unpaired) electrons. The predicted molar refractivity (Wildman–Crippen MR) is 122 cm³/mol. The summed E-state index contributed by atoms with van der Waals surface area (Å²) in [5, 5.41) is 3.10. The summed E-state index contributed by atoms with van der Waals surface area (Å²) in [5.41, 5.74) is 8.37. The van der Waals surface area contributed by atoms with Crippen LogP contribution in [0.15, 0.2) is 54.6 Å². The van der Waals surface area contributed by atoms with E-state index >= 15 is 0 Å². The van der Waals surface area contributed by atoms with Crippen LogP contribution in [0.5, 0.6) is 5.75 Å². The average molecular weight is 440 g/mol. The average Bonchev–Trinajstić information content (AvgIpc) is 3.24. The molecule has 2 atom stereocenters. The van der Waals surface area contributed by atoms with Crippen molar-refractivity contribution in [3.8, 4) is 5.75 Å². The Morgan fingerprint density at radius 1 is 1.03 bits per heavy atom. The molecule has 0 spiro atoms. The molecule has 1 heterocycles. The lowest BCUT2D eigenvalue weighted by Crippen LogP contribution is -2.37. The number of nitrogens with two attached hydrogens (primary N) is 1. The van der Waals surface area contributed by atoms with Crippen LogP contribution < -0.4 is 15.8 Å². The molecule has 0 aliphatic carbocycles. The predicted octanol–water partition coefficient (Wildman–Crippen LogP) is 3.88. The maximum Gasteiger partial charge on any atom is 0.221 e. The highest BCUT2D eigenvalue weighted by Crippen LogP contribution is 2.26. The van der Waals surface area contributed by atoms with Gasteiger partial charge in [-0.15, -0.1) is 24.8 Å². The molecule has 3 rings (SSSR count). The lowest BCUT2D eigenvalue weighted by molar-refractivity contribution is -0.121. The summed E-state index contributed by atoms with van der Waals surface area (Å²) >= 11 is 0. The van der Waals surface area contributed by atoms with E-state index in [0.29, 0.717) is 13.0 Å². The second-order valence-electron chi connectivity index (χ2n) is 7.06. The third-order valence-electron chi connectivity index (χ3n) is 5.21. The zero-order valence-electron chi connectivity index (χ0n) is 16.8. The van der Waals surface area contributed by atoms with Crippen molar-refractivity contribution in [1.29, 1.82) is 0 Å². The van der Waals surface area contributed by atoms with Gasteiger partial charge in [0.25, 0.3) is 0 Å². The van der Waals surface area contributed by atoms with Gasteiger partial charge in [0.1, 0.15) is 5.75 Å². The fourth-order valence-corrected chi connectivity index (χ4v) is 3.64. The van der Waals surface area contributed by atoms with Crippen molar-refractivity contribution in [2.45, 2.75) is 31.3 Å². The van der Waals surface area contributed by atoms with Gasteiger partial charge in [0, 0.05) is 19.0 Å². The molecule has 7 heteroatoms. The maximum absolute atomic E-state index is 12.4. The third kappa shape index (κ3) is 7.19. The molecular formula is C22H31Cl2N3O2. The quantitative estimate of drug-likeness (QED) is 0.654. The van der Waals surface area contributed by atoms with Crippen molar-refractivity contribution in [1.82, 2.24) is 10.2 Å². The number of halogens is 2. The molecule has 1 aliphatic rings. The first-order chi connectivity index (χ1) is 13.2. The van der Waals surface area contributed by atoms with Crippen molar-refractivity contribution in [3.63, 3.8) is 0 Å². The summed E-state index contributed by atoms with van der Waals surface area (Å²) in [4.78, 5) is 14.9. The van der Waals surface area contributed by atoms with E-state index in [0.717, 1.165) is 24.4 Å². The number of carbonyl (C=O) groups excluding carboxylic acids is 1. The van der Waals surface area contributed by atoms with E-state index in [4.69, 9.17) is 10.5 Å². The Bertz CT molecular complexity index is 723. The number of hydrogen-bond acceptors (Lipinski definition) is 4. The van der Waals surface area contributed by atoms with Crippen molar-refractivity contribution in [2.75, 3.05) is 26.7 Å². The van der Waals surface area contributed by atoms with E-state index in [1.165, 1.54) is 18.4 Å². The maximum atomic E-state index is 12.4. The Balaban J connectivity index is 0.00000210. The number of nitrogens with one attached hydrogen (secondary N) is 1. The molecule has 1 saturated heterocycles. The highest BCUT2D eigenvalue weighted by molar-refractivity contribution is 5.85. The molecule has 1 aliphatic heterocycles. The lowest BCUT2D eigenvalue weighted by atomic mass is 10.0. The highest BCUT2D eigenvalue weighted by atomic mass is 35.5. The van der Waals surface area contributed by atoms with Crippen LogP contribution in [0.2, 0.25) is 0 Å². The highest BCUT2D eigenvalue weighted by Gasteiger charge is 2.24. The molecule has 5 nitrogen and oxygen atoms in total. The summed E-state index contributed by atoms with van der Waals surface area (Å²) in [6, 6.07) is 17.8. The number of ether oxygens (including phenoxy) is 1. The molecule has 2 aromatic rings. The van der Waals surface area contributed by atoms with E-state index in [9.17, 15) is 4.79 Å². The van der Waals surface area contributed by atoms with Crippen molar-refractivity contribution < 1.29 is 9.53 Å². The van der Waals surface area contributed by atoms with Crippen LogP contribution in [-0.2, 0) is 4.79 Å². The van der Waals surface area contributed by atoms with Gasteiger partial charge >= 0.3 is 0 Å². The van der Waals surface area contributed by atoms with E-state index in [1.807, 2.05) is 42.5 Å². The van der Waals surface area contributed by atoms with Crippen LogP contribution in [0.3, 0.4) is 0 Å². The van der Waals surface area contributed by atoms with Gasteiger partial charge in [0.05, 0.1) is 13.2 Å². The number of carbonyl (C=O) groups is 1. The molecule has 0 aromatic heterocycles. The monoisotopic (exact) mass is 439 g/mol. The van der Waals surface area contributed by atoms with Gasteiger partial charge in [-0.2, -0.15) is 0 Å². The van der Waals surface area contributed by atoms with Crippen molar-refractivity contribution in [3.05, 3.63) is 65.7 Å². The number of nitrogens with zero attached hydrogens (tertiary/aromatic N) is 1. The van der Waals surface area contributed by atoms with Crippen LogP contribution in [0.25, 0.3) is 0 Å². The molecule has 0 bridgehead atoms. The number of likely N-dealkylation sites (tertiary alicyclic amines) is 1. The molecule has 2 aromatic carbocycles. The topological polar surface area (TPSA) is 67.6 Å². The van der Waals surface area contributed by atoms with Crippen LogP contribution in [-0.4, -0.2) is 37.6 Å². The Labute approximate surface area is 185 Å². The zero-order chi connectivity index (χ0) is 19.1. The van der Waals surface area contributed by atoms with Crippen LogP contribution in [0, 0.1) is 0 Å². The van der Waals surface area contributed by atoms with E-state index in [2.05, 4.69) is 22.3 Å². The Kier molecular flexibility index (Phi) is 11.1. The Morgan fingerprint density at radius 2 is 1.66 bits per heavy atom. The van der Waals surface area contributed by atoms with Gasteiger partial charge in [-0.1, -0.05) is 42.5 Å². The lowest BCUT2D eigenvalue weighted by Gasteiger charge is -2.28. The fourth-order valence-electron chi connectivity index (χ4n) is 3.64. The van der Waals surface area contributed by atoms with E-state index in [-0.39, 0.29) is 42.8 Å². The normalized spacial score (nSPS) is 15.5. The van der Waals surface area contributed by atoms with Crippen LogP contribution in [0.1, 0.15) is 42.5 Å². The minimum absolute atomic E-state index is 0. The molecule has 29 heavy (non-hydrogen) atoms. The first-order valence-electron chi connectivity index (χ1n) is 9.62. The first-order valence-corrected chi connectivity index (χ1v) is 9.62. The number of methoxy groups -OCH3 is 1. The molecule has 160 valence electrons. The van der Waals surface area contributed by atoms with Gasteiger partial charge in [0.15, 0.2) is 0 Å². The number of hydrogen-bond donors (Lipinski definition) is 2. The molecular weight excluding hydrogens is 409 g/mol. The molecule has 2 unspecified atom stereocenters. The smallest absolute Gasteiger partial charge is 0.221 e. The van der Waals surface area contributed by atoms with Gasteiger partial charge in [-0.05, 0) is 49.2 Å². The minimum Gasteiger partial charge on any atom is -0.497 e. The van der Waals surface area contributed by atoms with Gasteiger partial charge in [-0.25, -0.2) is 0 Å². The minimum atomic E-state index is -0.280. The van der Waals surface area contributed by atoms with E-state index in [1.54, 1.807) is 7.11 Å². The second-order valence-corrected chi connectivity index (χ2v) is 7.06. The molecule has 3 N–H and O–H groups in total. The zero-order valence-corrected chi connectivity index (χ0v) is 18.4. The standard InChI is InChI=1S/C22H29N3O2.2ClH/c1-27-19-11-9-18(10-12-19)21(25-13-5-6-14-25)16-24-22(26)15-20(23)17-7-3-2-4-8-17;;/h2-4,7-12,20-21H,5-6,13-16,23H2,1H3,(H,24,26);2*1H.